The molecule has 2 aromatic rings. The van der Waals surface area contributed by atoms with Crippen LogP contribution in [-0.4, -0.2) is 15.6 Å². The number of nitrogens with zero attached hydrogens (tertiary/aromatic N) is 2. The summed E-state index contributed by atoms with van der Waals surface area (Å²) in [5.74, 6) is 0. The van der Waals surface area contributed by atoms with Gasteiger partial charge in [-0.3, -0.25) is 0 Å². The third-order valence-corrected chi connectivity index (χ3v) is 3.83. The van der Waals surface area contributed by atoms with Gasteiger partial charge in [0.05, 0.1) is 6.33 Å². The number of benzene rings is 1. The summed E-state index contributed by atoms with van der Waals surface area (Å²) in [5, 5.41) is 3.78. The Morgan fingerprint density at radius 3 is 2.67 bits per heavy atom. The average molecular weight is 285 g/mol. The summed E-state index contributed by atoms with van der Waals surface area (Å²) >= 11 is 0. The van der Waals surface area contributed by atoms with Gasteiger partial charge in [0.2, 0.25) is 0 Å². The number of rotatable bonds is 9. The molecule has 21 heavy (non-hydrogen) atoms. The minimum absolute atomic E-state index is 0.422. The first kappa shape index (κ1) is 15.8. The first-order valence-electron chi connectivity index (χ1n) is 8.06. The lowest BCUT2D eigenvalue weighted by atomic mass is 9.99. The van der Waals surface area contributed by atoms with E-state index in [0.29, 0.717) is 12.1 Å². The highest BCUT2D eigenvalue weighted by molar-refractivity contribution is 5.19. The fourth-order valence-electron chi connectivity index (χ4n) is 2.74. The van der Waals surface area contributed by atoms with Gasteiger partial charge in [-0.15, -0.1) is 0 Å². The predicted octanol–water partition coefficient (Wildman–Crippen LogP) is 4.18. The quantitative estimate of drug-likeness (QED) is 0.700. The van der Waals surface area contributed by atoms with Gasteiger partial charge in [0.1, 0.15) is 0 Å². The molecule has 0 fully saturated rings. The molecule has 1 aromatic carbocycles. The Balaban J connectivity index is 1.94. The van der Waals surface area contributed by atoms with Gasteiger partial charge >= 0.3 is 0 Å². The minimum atomic E-state index is 0.422. The van der Waals surface area contributed by atoms with Crippen LogP contribution >= 0.6 is 0 Å². The van der Waals surface area contributed by atoms with E-state index in [9.17, 15) is 0 Å². The van der Waals surface area contributed by atoms with Crippen molar-refractivity contribution >= 4 is 0 Å². The van der Waals surface area contributed by atoms with Crippen LogP contribution in [0.25, 0.3) is 0 Å². The van der Waals surface area contributed by atoms with Crippen LogP contribution in [0, 0.1) is 0 Å². The molecule has 0 saturated heterocycles. The molecular weight excluding hydrogens is 258 g/mol. The summed E-state index contributed by atoms with van der Waals surface area (Å²) in [6.07, 6.45) is 10.8. The van der Waals surface area contributed by atoms with Crippen molar-refractivity contribution in [3.05, 3.63) is 54.6 Å². The van der Waals surface area contributed by atoms with Crippen LogP contribution in [0.3, 0.4) is 0 Å². The fraction of sp³-hybridized carbons (Fsp3) is 0.500. The lowest BCUT2D eigenvalue weighted by molar-refractivity contribution is 0.389. The van der Waals surface area contributed by atoms with E-state index in [1.807, 2.05) is 18.7 Å². The van der Waals surface area contributed by atoms with Crippen LogP contribution in [-0.2, 0) is 6.54 Å². The largest absolute Gasteiger partial charge is 0.336 e. The van der Waals surface area contributed by atoms with Gasteiger partial charge in [-0.1, -0.05) is 56.5 Å². The molecule has 0 aliphatic heterocycles. The number of hydrogen-bond acceptors (Lipinski definition) is 2. The second-order valence-electron chi connectivity index (χ2n) is 5.79. The minimum Gasteiger partial charge on any atom is -0.336 e. The van der Waals surface area contributed by atoms with Crippen molar-refractivity contribution < 1.29 is 0 Å². The van der Waals surface area contributed by atoms with Gasteiger partial charge in [0, 0.05) is 31.0 Å². The number of imidazole rings is 1. The van der Waals surface area contributed by atoms with Crippen LogP contribution in [0.1, 0.15) is 51.1 Å². The molecule has 2 rings (SSSR count). The summed E-state index contributed by atoms with van der Waals surface area (Å²) in [7, 11) is 0. The Hall–Kier alpha value is -1.61. The van der Waals surface area contributed by atoms with Crippen LogP contribution in [0.4, 0.5) is 0 Å². The zero-order valence-corrected chi connectivity index (χ0v) is 13.2. The number of nitrogens with one attached hydrogen (secondary N) is 1. The van der Waals surface area contributed by atoms with Gasteiger partial charge in [-0.2, -0.15) is 0 Å². The first-order chi connectivity index (χ1) is 10.3. The molecule has 1 heterocycles. The van der Waals surface area contributed by atoms with Crippen molar-refractivity contribution in [2.45, 2.75) is 58.2 Å². The van der Waals surface area contributed by atoms with Gasteiger partial charge in [-0.25, -0.2) is 4.98 Å². The Labute approximate surface area is 128 Å². The van der Waals surface area contributed by atoms with E-state index < -0.39 is 0 Å². The molecular formula is C18H27N3. The molecule has 0 bridgehead atoms. The highest BCUT2D eigenvalue weighted by atomic mass is 15.1. The summed E-state index contributed by atoms with van der Waals surface area (Å²) < 4.78 is 2.13. The molecule has 0 radical (unpaired) electrons. The Bertz CT molecular complexity index is 478. The first-order valence-corrected chi connectivity index (χ1v) is 8.06. The lowest BCUT2D eigenvalue weighted by Gasteiger charge is -2.24. The molecule has 1 N–H and O–H groups in total. The maximum Gasteiger partial charge on any atom is 0.0946 e. The van der Waals surface area contributed by atoms with Crippen molar-refractivity contribution in [1.82, 2.24) is 14.9 Å². The highest BCUT2D eigenvalue weighted by Gasteiger charge is 2.14. The van der Waals surface area contributed by atoms with Crippen LogP contribution in [0.5, 0.6) is 0 Å². The maximum absolute atomic E-state index is 4.11. The Morgan fingerprint density at radius 1 is 1.19 bits per heavy atom. The molecule has 114 valence electrons. The van der Waals surface area contributed by atoms with Gasteiger partial charge in [0.25, 0.3) is 0 Å². The molecule has 0 spiro atoms. The number of unbranched alkanes of at least 4 members (excludes halogenated alkanes) is 2. The van der Waals surface area contributed by atoms with E-state index in [0.717, 1.165) is 6.54 Å². The Morgan fingerprint density at radius 2 is 2.00 bits per heavy atom. The summed E-state index contributed by atoms with van der Waals surface area (Å²) in [4.78, 5) is 4.11. The summed E-state index contributed by atoms with van der Waals surface area (Å²) in [5.41, 5.74) is 1.39. The van der Waals surface area contributed by atoms with E-state index >= 15 is 0 Å². The SMILES string of the molecule is CCCCCC(NC(C)Cn1ccnc1)c1ccccc1. The summed E-state index contributed by atoms with van der Waals surface area (Å²) in [6, 6.07) is 11.7. The third kappa shape index (κ3) is 5.35. The molecule has 3 heteroatoms. The van der Waals surface area contributed by atoms with E-state index in [1.165, 1.54) is 31.2 Å². The normalized spacial score (nSPS) is 14.0. The van der Waals surface area contributed by atoms with Gasteiger partial charge < -0.3 is 9.88 Å². The smallest absolute Gasteiger partial charge is 0.0946 e. The van der Waals surface area contributed by atoms with E-state index in [4.69, 9.17) is 0 Å². The monoisotopic (exact) mass is 285 g/mol. The molecule has 3 nitrogen and oxygen atoms in total. The van der Waals surface area contributed by atoms with E-state index in [1.54, 1.807) is 0 Å². The molecule has 1 aromatic heterocycles. The number of aromatic nitrogens is 2. The summed E-state index contributed by atoms with van der Waals surface area (Å²) in [6.45, 7) is 5.46. The van der Waals surface area contributed by atoms with Crippen LogP contribution in [0.2, 0.25) is 0 Å². The molecule has 2 atom stereocenters. The lowest BCUT2D eigenvalue weighted by Crippen LogP contribution is -2.33. The maximum atomic E-state index is 4.11. The van der Waals surface area contributed by atoms with Crippen LogP contribution in [0.15, 0.2) is 49.1 Å². The van der Waals surface area contributed by atoms with Crippen molar-refractivity contribution in [2.24, 2.45) is 0 Å². The van der Waals surface area contributed by atoms with Crippen molar-refractivity contribution in [2.75, 3.05) is 0 Å². The van der Waals surface area contributed by atoms with Gasteiger partial charge in [0.15, 0.2) is 0 Å². The zero-order valence-electron chi connectivity index (χ0n) is 13.2. The number of hydrogen-bond donors (Lipinski definition) is 1. The van der Waals surface area contributed by atoms with Crippen molar-refractivity contribution in [3.8, 4) is 0 Å². The molecule has 0 saturated carbocycles. The molecule has 0 aliphatic rings. The van der Waals surface area contributed by atoms with Crippen LogP contribution < -0.4 is 5.32 Å². The standard InChI is InChI=1S/C18H27N3/c1-3-4-6-11-18(17-9-7-5-8-10-17)20-16(2)14-21-13-12-19-15-21/h5,7-10,12-13,15-16,18,20H,3-4,6,11,14H2,1-2H3. The second kappa shape index (κ2) is 8.63. The average Bonchev–Trinajstić information content (AvgIpc) is 3.00. The molecule has 0 aliphatic carbocycles. The zero-order chi connectivity index (χ0) is 14.9. The van der Waals surface area contributed by atoms with Gasteiger partial charge in [-0.05, 0) is 18.9 Å². The Kier molecular flexibility index (Phi) is 6.48. The second-order valence-corrected chi connectivity index (χ2v) is 5.79. The van der Waals surface area contributed by atoms with Crippen molar-refractivity contribution in [1.29, 1.82) is 0 Å². The van der Waals surface area contributed by atoms with E-state index in [-0.39, 0.29) is 0 Å². The molecule has 2 unspecified atom stereocenters. The van der Waals surface area contributed by atoms with Crippen molar-refractivity contribution in [3.63, 3.8) is 0 Å². The fourth-order valence-corrected chi connectivity index (χ4v) is 2.74. The highest BCUT2D eigenvalue weighted by Crippen LogP contribution is 2.20. The predicted molar refractivity (Wildman–Crippen MR) is 88.1 cm³/mol. The topological polar surface area (TPSA) is 29.9 Å². The molecule has 0 amide bonds. The third-order valence-electron chi connectivity index (χ3n) is 3.83. The van der Waals surface area contributed by atoms with E-state index in [2.05, 4.69) is 59.0 Å².